The first-order valence-electron chi connectivity index (χ1n) is 7.90. The molecule has 1 heterocycles. The average molecular weight is 295 g/mol. The summed E-state index contributed by atoms with van der Waals surface area (Å²) >= 11 is 0. The second-order valence-electron chi connectivity index (χ2n) is 6.98. The minimum absolute atomic E-state index is 0.351. The fourth-order valence-corrected chi connectivity index (χ4v) is 3.06. The van der Waals surface area contributed by atoms with Crippen LogP contribution in [0, 0.1) is 6.07 Å². The van der Waals surface area contributed by atoms with E-state index < -0.39 is 6.10 Å². The lowest BCUT2D eigenvalue weighted by molar-refractivity contribution is 0.0118. The molecular weight excluding hydrogens is 272 g/mol. The summed E-state index contributed by atoms with van der Waals surface area (Å²) in [5, 5.41) is 10.7. The summed E-state index contributed by atoms with van der Waals surface area (Å²) in [6, 6.07) is 15.7. The highest BCUT2D eigenvalue weighted by atomic mass is 16.5. The van der Waals surface area contributed by atoms with Crippen molar-refractivity contribution in [1.82, 2.24) is 0 Å². The van der Waals surface area contributed by atoms with Gasteiger partial charge in [0.2, 0.25) is 0 Å². The van der Waals surface area contributed by atoms with Crippen molar-refractivity contribution in [1.29, 1.82) is 0 Å². The maximum Gasteiger partial charge on any atom is 0.126 e. The Labute approximate surface area is 132 Å². The van der Waals surface area contributed by atoms with Gasteiger partial charge in [0.1, 0.15) is 11.4 Å². The van der Waals surface area contributed by atoms with Gasteiger partial charge < -0.3 is 9.84 Å². The SMILES string of the molecule is CC(C)c1[c]c(-c2ccccc2)c2c(c1)OC(C)(C)CC2O. The summed E-state index contributed by atoms with van der Waals surface area (Å²) in [6.45, 7) is 8.34. The summed E-state index contributed by atoms with van der Waals surface area (Å²) < 4.78 is 6.16. The van der Waals surface area contributed by atoms with E-state index in [-0.39, 0.29) is 5.60 Å². The normalized spacial score (nSPS) is 19.6. The van der Waals surface area contributed by atoms with E-state index in [2.05, 4.69) is 32.0 Å². The first-order chi connectivity index (χ1) is 10.4. The van der Waals surface area contributed by atoms with Crippen molar-refractivity contribution in [2.24, 2.45) is 0 Å². The molecule has 0 saturated carbocycles. The van der Waals surface area contributed by atoms with E-state index >= 15 is 0 Å². The van der Waals surface area contributed by atoms with Gasteiger partial charge in [-0.25, -0.2) is 0 Å². The van der Waals surface area contributed by atoms with Gasteiger partial charge in [-0.1, -0.05) is 44.2 Å². The van der Waals surface area contributed by atoms with Crippen molar-refractivity contribution in [2.45, 2.75) is 51.7 Å². The van der Waals surface area contributed by atoms with Gasteiger partial charge in [0.15, 0.2) is 0 Å². The van der Waals surface area contributed by atoms with Crippen molar-refractivity contribution in [3.63, 3.8) is 0 Å². The zero-order valence-electron chi connectivity index (χ0n) is 13.7. The summed E-state index contributed by atoms with van der Waals surface area (Å²) in [6.07, 6.45) is 0.0701. The van der Waals surface area contributed by atoms with Gasteiger partial charge >= 0.3 is 0 Å². The molecule has 22 heavy (non-hydrogen) atoms. The Balaban J connectivity index is 2.23. The summed E-state index contributed by atoms with van der Waals surface area (Å²) in [4.78, 5) is 0. The standard InChI is InChI=1S/C20H23O2/c1-13(2)15-10-16(14-8-6-5-7-9-14)19-17(21)12-20(3,4)22-18(19)11-15/h5-9,11,13,17,21H,12H2,1-4H3. The maximum atomic E-state index is 10.7. The van der Waals surface area contributed by atoms with Gasteiger partial charge in [0, 0.05) is 12.0 Å². The zero-order chi connectivity index (χ0) is 15.9. The average Bonchev–Trinajstić information content (AvgIpc) is 2.45. The summed E-state index contributed by atoms with van der Waals surface area (Å²) in [5.41, 5.74) is 3.67. The second kappa shape index (κ2) is 5.44. The monoisotopic (exact) mass is 295 g/mol. The van der Waals surface area contributed by atoms with Crippen LogP contribution in [-0.2, 0) is 0 Å². The largest absolute Gasteiger partial charge is 0.487 e. The lowest BCUT2D eigenvalue weighted by atomic mass is 9.84. The molecule has 0 spiro atoms. The van der Waals surface area contributed by atoms with Crippen LogP contribution in [0.3, 0.4) is 0 Å². The van der Waals surface area contributed by atoms with E-state index in [1.54, 1.807) is 0 Å². The molecule has 2 aromatic carbocycles. The van der Waals surface area contributed by atoms with Gasteiger partial charge in [0.05, 0.1) is 6.10 Å². The van der Waals surface area contributed by atoms with E-state index in [4.69, 9.17) is 4.74 Å². The molecule has 1 atom stereocenters. The summed E-state index contributed by atoms with van der Waals surface area (Å²) in [5.74, 6) is 1.16. The quantitative estimate of drug-likeness (QED) is 0.856. The lowest BCUT2D eigenvalue weighted by Crippen LogP contribution is -2.35. The molecule has 1 aliphatic heterocycles. The molecule has 0 bridgehead atoms. The van der Waals surface area contributed by atoms with Crippen LogP contribution >= 0.6 is 0 Å². The highest BCUT2D eigenvalue weighted by Gasteiger charge is 2.35. The van der Waals surface area contributed by atoms with Gasteiger partial charge in [-0.2, -0.15) is 0 Å². The van der Waals surface area contributed by atoms with Crippen molar-refractivity contribution in [2.75, 3.05) is 0 Å². The van der Waals surface area contributed by atoms with Crippen LogP contribution in [0.5, 0.6) is 5.75 Å². The van der Waals surface area contributed by atoms with Crippen molar-refractivity contribution in [3.05, 3.63) is 53.6 Å². The minimum Gasteiger partial charge on any atom is -0.487 e. The molecule has 0 aliphatic carbocycles. The second-order valence-corrected chi connectivity index (χ2v) is 6.98. The molecular formula is C20H23O2. The molecule has 0 amide bonds. The molecule has 0 saturated heterocycles. The molecule has 115 valence electrons. The molecule has 1 aliphatic rings. The summed E-state index contributed by atoms with van der Waals surface area (Å²) in [7, 11) is 0. The van der Waals surface area contributed by atoms with Crippen LogP contribution in [0.25, 0.3) is 11.1 Å². The van der Waals surface area contributed by atoms with Gasteiger partial charge in [0.25, 0.3) is 0 Å². The van der Waals surface area contributed by atoms with E-state index in [9.17, 15) is 5.11 Å². The number of rotatable bonds is 2. The minimum atomic E-state index is -0.522. The molecule has 0 fully saturated rings. The highest BCUT2D eigenvalue weighted by Crippen LogP contribution is 2.45. The predicted octanol–water partition coefficient (Wildman–Crippen LogP) is 4.87. The van der Waals surface area contributed by atoms with Crippen LogP contribution < -0.4 is 4.74 Å². The van der Waals surface area contributed by atoms with Crippen LogP contribution in [0.4, 0.5) is 0 Å². The van der Waals surface area contributed by atoms with Crippen LogP contribution in [-0.4, -0.2) is 10.7 Å². The predicted molar refractivity (Wildman–Crippen MR) is 89.1 cm³/mol. The number of ether oxygens (including phenoxy) is 1. The molecule has 1 radical (unpaired) electrons. The third kappa shape index (κ3) is 2.76. The van der Waals surface area contributed by atoms with Crippen LogP contribution in [0.2, 0.25) is 0 Å². The number of aliphatic hydroxyl groups excluding tert-OH is 1. The molecule has 2 nitrogen and oxygen atoms in total. The van der Waals surface area contributed by atoms with Crippen molar-refractivity contribution in [3.8, 4) is 16.9 Å². The Morgan fingerprint density at radius 2 is 1.91 bits per heavy atom. The molecule has 3 rings (SSSR count). The van der Waals surface area contributed by atoms with E-state index in [0.29, 0.717) is 12.3 Å². The smallest absolute Gasteiger partial charge is 0.126 e. The number of fused-ring (bicyclic) bond motifs is 1. The Kier molecular flexibility index (Phi) is 3.73. The topological polar surface area (TPSA) is 29.5 Å². The Bertz CT molecular complexity index is 672. The number of benzene rings is 2. The first-order valence-corrected chi connectivity index (χ1v) is 7.90. The number of hydrogen-bond donors (Lipinski definition) is 1. The third-order valence-corrected chi connectivity index (χ3v) is 4.18. The highest BCUT2D eigenvalue weighted by molar-refractivity contribution is 5.71. The van der Waals surface area contributed by atoms with Gasteiger partial charge in [-0.05, 0) is 48.6 Å². The van der Waals surface area contributed by atoms with Crippen molar-refractivity contribution >= 4 is 0 Å². The maximum absolute atomic E-state index is 10.7. The number of aliphatic hydroxyl groups is 1. The molecule has 0 aromatic heterocycles. The number of hydrogen-bond acceptors (Lipinski definition) is 2. The van der Waals surface area contributed by atoms with Gasteiger partial charge in [-0.3, -0.25) is 0 Å². The van der Waals surface area contributed by atoms with Gasteiger partial charge in [-0.15, -0.1) is 0 Å². The van der Waals surface area contributed by atoms with E-state index in [1.165, 1.54) is 0 Å². The van der Waals surface area contributed by atoms with Crippen molar-refractivity contribution < 1.29 is 9.84 Å². The van der Waals surface area contributed by atoms with Crippen LogP contribution in [0.15, 0.2) is 36.4 Å². The Hall–Kier alpha value is -1.80. The Morgan fingerprint density at radius 1 is 1.23 bits per heavy atom. The Morgan fingerprint density at radius 3 is 2.55 bits per heavy atom. The lowest BCUT2D eigenvalue weighted by Gasteiger charge is -2.37. The fraction of sp³-hybridized carbons (Fsp3) is 0.400. The van der Waals surface area contributed by atoms with E-state index in [0.717, 1.165) is 28.0 Å². The molecule has 1 N–H and O–H groups in total. The molecule has 2 aromatic rings. The first kappa shape index (κ1) is 15.1. The zero-order valence-corrected chi connectivity index (χ0v) is 13.7. The third-order valence-electron chi connectivity index (χ3n) is 4.18. The molecule has 1 unspecified atom stereocenters. The van der Waals surface area contributed by atoms with Crippen LogP contribution in [0.1, 0.15) is 57.3 Å². The van der Waals surface area contributed by atoms with E-state index in [1.807, 2.05) is 38.1 Å². The molecule has 2 heteroatoms. The fourth-order valence-electron chi connectivity index (χ4n) is 3.06.